The molecule has 0 saturated carbocycles. The Bertz CT molecular complexity index is 702. The molecule has 2 N–H and O–H groups in total. The molecule has 1 aromatic heterocycles. The lowest BCUT2D eigenvalue weighted by Gasteiger charge is -2.07. The summed E-state index contributed by atoms with van der Waals surface area (Å²) >= 11 is 1.26. The number of methoxy groups -OCH3 is 1. The van der Waals surface area contributed by atoms with Gasteiger partial charge >= 0.3 is 0 Å². The second-order valence-corrected chi connectivity index (χ2v) is 6.05. The molecular weight excluding hydrogens is 328 g/mol. The Balaban J connectivity index is 1.96. The van der Waals surface area contributed by atoms with Gasteiger partial charge in [-0.05, 0) is 31.0 Å². The van der Waals surface area contributed by atoms with Gasteiger partial charge in [0.25, 0.3) is 11.8 Å². The minimum absolute atomic E-state index is 0.189. The highest BCUT2D eigenvalue weighted by atomic mass is 32.1. The maximum atomic E-state index is 12.2. The summed E-state index contributed by atoms with van der Waals surface area (Å²) < 4.78 is 4.94. The first-order valence-electron chi connectivity index (χ1n) is 7.65. The highest BCUT2D eigenvalue weighted by Crippen LogP contribution is 2.15. The first-order valence-corrected chi connectivity index (χ1v) is 8.46. The summed E-state index contributed by atoms with van der Waals surface area (Å²) in [7, 11) is 1.62. The third-order valence-corrected chi connectivity index (χ3v) is 4.22. The van der Waals surface area contributed by atoms with E-state index < -0.39 is 0 Å². The number of rotatable bonds is 8. The van der Waals surface area contributed by atoms with Crippen molar-refractivity contribution in [3.05, 3.63) is 39.8 Å². The predicted molar refractivity (Wildman–Crippen MR) is 92.5 cm³/mol. The van der Waals surface area contributed by atoms with Gasteiger partial charge in [-0.1, -0.05) is 24.3 Å². The Hall–Kier alpha value is -2.32. The van der Waals surface area contributed by atoms with Crippen LogP contribution < -0.4 is 10.6 Å². The van der Waals surface area contributed by atoms with Crippen molar-refractivity contribution in [1.29, 1.82) is 0 Å². The van der Waals surface area contributed by atoms with Crippen molar-refractivity contribution in [2.75, 3.05) is 25.6 Å². The number of aromatic nitrogens is 2. The lowest BCUT2D eigenvalue weighted by atomic mass is 10.2. The molecule has 0 saturated heterocycles. The molecule has 0 aliphatic heterocycles. The molecule has 7 nitrogen and oxygen atoms in total. The van der Waals surface area contributed by atoms with E-state index in [1.54, 1.807) is 31.4 Å². The van der Waals surface area contributed by atoms with Gasteiger partial charge in [0.2, 0.25) is 5.01 Å². The van der Waals surface area contributed by atoms with Gasteiger partial charge in [0.05, 0.1) is 0 Å². The lowest BCUT2D eigenvalue weighted by molar-refractivity contribution is 0.0947. The molecule has 24 heavy (non-hydrogen) atoms. The van der Waals surface area contributed by atoms with E-state index in [9.17, 15) is 9.59 Å². The van der Waals surface area contributed by atoms with Crippen LogP contribution in [0.4, 0.5) is 5.69 Å². The number of anilines is 1. The fourth-order valence-corrected chi connectivity index (χ4v) is 2.61. The van der Waals surface area contributed by atoms with Gasteiger partial charge in [0, 0.05) is 31.5 Å². The summed E-state index contributed by atoms with van der Waals surface area (Å²) in [5.41, 5.74) is 1.02. The molecule has 0 unspecified atom stereocenters. The molecule has 0 aliphatic rings. The number of ether oxygens (including phenoxy) is 1. The van der Waals surface area contributed by atoms with E-state index in [-0.39, 0.29) is 11.8 Å². The van der Waals surface area contributed by atoms with Crippen molar-refractivity contribution in [3.63, 3.8) is 0 Å². The van der Waals surface area contributed by atoms with Gasteiger partial charge < -0.3 is 15.4 Å². The van der Waals surface area contributed by atoms with Crippen molar-refractivity contribution in [2.24, 2.45) is 0 Å². The number of nitrogens with one attached hydrogen (secondary N) is 2. The Morgan fingerprint density at radius 2 is 2.08 bits per heavy atom. The fraction of sp³-hybridized carbons (Fsp3) is 0.375. The third kappa shape index (κ3) is 5.10. The molecule has 8 heteroatoms. The van der Waals surface area contributed by atoms with Crippen molar-refractivity contribution < 1.29 is 14.3 Å². The molecule has 2 aromatic rings. The smallest absolute Gasteiger partial charge is 0.286 e. The van der Waals surface area contributed by atoms with E-state index in [4.69, 9.17) is 4.74 Å². The molecule has 0 atom stereocenters. The highest BCUT2D eigenvalue weighted by Gasteiger charge is 2.13. The number of carbonyl (C=O) groups is 2. The zero-order valence-corrected chi connectivity index (χ0v) is 14.5. The zero-order chi connectivity index (χ0) is 17.4. The van der Waals surface area contributed by atoms with Crippen molar-refractivity contribution in [2.45, 2.75) is 19.8 Å². The van der Waals surface area contributed by atoms with Gasteiger partial charge in [-0.2, -0.15) is 0 Å². The topological polar surface area (TPSA) is 93.2 Å². The van der Waals surface area contributed by atoms with Gasteiger partial charge in [-0.15, -0.1) is 10.2 Å². The molecule has 1 heterocycles. The first kappa shape index (κ1) is 18.0. The summed E-state index contributed by atoms with van der Waals surface area (Å²) in [6.07, 6.45) is 1.49. The minimum Gasteiger partial charge on any atom is -0.385 e. The van der Waals surface area contributed by atoms with Crippen LogP contribution in [0, 0.1) is 0 Å². The van der Waals surface area contributed by atoms with Crippen LogP contribution in [0.2, 0.25) is 0 Å². The summed E-state index contributed by atoms with van der Waals surface area (Å²) in [5, 5.41) is 14.4. The molecule has 0 aliphatic carbocycles. The molecule has 0 radical (unpaired) electrons. The molecule has 0 spiro atoms. The predicted octanol–water partition coefficient (Wildman–Crippen LogP) is 2.12. The summed E-state index contributed by atoms with van der Waals surface area (Å²) in [6, 6.07) is 6.77. The zero-order valence-electron chi connectivity index (χ0n) is 13.7. The van der Waals surface area contributed by atoms with Crippen LogP contribution in [0.3, 0.4) is 0 Å². The Kier molecular flexibility index (Phi) is 6.83. The first-order chi connectivity index (χ1) is 11.6. The minimum atomic E-state index is -0.329. The molecule has 1 aromatic carbocycles. The van der Waals surface area contributed by atoms with Crippen LogP contribution in [-0.2, 0) is 11.2 Å². The maximum absolute atomic E-state index is 12.2. The average molecular weight is 348 g/mol. The standard InChI is InChI=1S/C16H20N4O3S/c1-3-13-19-20-16(24-13)15(22)18-12-7-4-6-11(10-12)14(21)17-8-5-9-23-2/h4,6-7,10H,3,5,8-9H2,1-2H3,(H,17,21)(H,18,22). The van der Waals surface area contributed by atoms with Crippen LogP contribution in [0.5, 0.6) is 0 Å². The normalized spacial score (nSPS) is 10.4. The molecule has 2 amide bonds. The second kappa shape index (κ2) is 9.09. The van der Waals surface area contributed by atoms with E-state index in [2.05, 4.69) is 20.8 Å². The number of hydrogen-bond donors (Lipinski definition) is 2. The molecule has 128 valence electrons. The number of hydrogen-bond acceptors (Lipinski definition) is 6. The second-order valence-electron chi connectivity index (χ2n) is 4.99. The van der Waals surface area contributed by atoms with Crippen LogP contribution in [0.15, 0.2) is 24.3 Å². The largest absolute Gasteiger partial charge is 0.385 e. The fourth-order valence-electron chi connectivity index (χ4n) is 1.93. The van der Waals surface area contributed by atoms with E-state index in [1.165, 1.54) is 11.3 Å². The third-order valence-electron chi connectivity index (χ3n) is 3.16. The van der Waals surface area contributed by atoms with E-state index in [0.29, 0.717) is 29.4 Å². The van der Waals surface area contributed by atoms with Gasteiger partial charge in [-0.3, -0.25) is 9.59 Å². The summed E-state index contributed by atoms with van der Waals surface area (Å²) in [5.74, 6) is -0.517. The van der Waals surface area contributed by atoms with Crippen LogP contribution in [-0.4, -0.2) is 42.3 Å². The van der Waals surface area contributed by atoms with Gasteiger partial charge in [0.1, 0.15) is 5.01 Å². The Labute approximate surface area is 144 Å². The SMILES string of the molecule is CCc1nnc(C(=O)Nc2cccc(C(=O)NCCCOC)c2)s1. The average Bonchev–Trinajstić information content (AvgIpc) is 3.08. The molecule has 2 rings (SSSR count). The van der Waals surface area contributed by atoms with Crippen molar-refractivity contribution in [1.82, 2.24) is 15.5 Å². The summed E-state index contributed by atoms with van der Waals surface area (Å²) in [4.78, 5) is 24.2. The number of benzene rings is 1. The van der Waals surface area contributed by atoms with Crippen LogP contribution in [0.25, 0.3) is 0 Å². The molecule has 0 fully saturated rings. The Morgan fingerprint density at radius 1 is 1.25 bits per heavy atom. The number of nitrogens with zero attached hydrogens (tertiary/aromatic N) is 2. The molecule has 0 bridgehead atoms. The summed E-state index contributed by atoms with van der Waals surface area (Å²) in [6.45, 7) is 3.09. The van der Waals surface area contributed by atoms with Crippen molar-refractivity contribution in [3.8, 4) is 0 Å². The maximum Gasteiger partial charge on any atom is 0.286 e. The van der Waals surface area contributed by atoms with E-state index in [1.807, 2.05) is 6.92 Å². The molecular formula is C16H20N4O3S. The Morgan fingerprint density at radius 3 is 2.79 bits per heavy atom. The monoisotopic (exact) mass is 348 g/mol. The van der Waals surface area contributed by atoms with Crippen LogP contribution in [0.1, 0.15) is 38.5 Å². The number of aryl methyl sites for hydroxylation is 1. The van der Waals surface area contributed by atoms with E-state index in [0.717, 1.165) is 17.8 Å². The van der Waals surface area contributed by atoms with Gasteiger partial charge in [-0.25, -0.2) is 0 Å². The van der Waals surface area contributed by atoms with Gasteiger partial charge in [0.15, 0.2) is 0 Å². The highest BCUT2D eigenvalue weighted by molar-refractivity contribution is 7.13. The van der Waals surface area contributed by atoms with E-state index >= 15 is 0 Å². The van der Waals surface area contributed by atoms with Crippen molar-refractivity contribution >= 4 is 28.8 Å². The number of carbonyl (C=O) groups excluding carboxylic acids is 2. The number of amides is 2. The van der Waals surface area contributed by atoms with Crippen LogP contribution >= 0.6 is 11.3 Å². The lowest BCUT2D eigenvalue weighted by Crippen LogP contribution is -2.25. The quantitative estimate of drug-likeness (QED) is 0.713.